The number of benzene rings is 6. The second-order valence-electron chi connectivity index (χ2n) is 11.2. The Morgan fingerprint density at radius 2 is 1.11 bits per heavy atom. The summed E-state index contributed by atoms with van der Waals surface area (Å²) in [5.74, 6) is 0.820. The zero-order valence-electron chi connectivity index (χ0n) is 23.3. The van der Waals surface area contributed by atoms with Gasteiger partial charge in [0.05, 0.1) is 0 Å². The third-order valence-corrected chi connectivity index (χ3v) is 11.0. The first-order valence-electron chi connectivity index (χ1n) is 14.6. The first kappa shape index (κ1) is 24.2. The van der Waals surface area contributed by atoms with Gasteiger partial charge < -0.3 is 4.42 Å². The molecule has 5 heteroatoms. The number of fused-ring (bicyclic) bond motifs is 11. The Bertz CT molecular complexity index is 2750. The highest BCUT2D eigenvalue weighted by atomic mass is 32.1. The van der Waals surface area contributed by atoms with E-state index in [0.29, 0.717) is 0 Å². The minimum Gasteiger partial charge on any atom is -0.455 e. The lowest BCUT2D eigenvalue weighted by Gasteiger charge is -2.24. The summed E-state index contributed by atoms with van der Waals surface area (Å²) in [6.45, 7) is 0. The van der Waals surface area contributed by atoms with Crippen molar-refractivity contribution in [3.05, 3.63) is 134 Å². The Hall–Kier alpha value is -5.23. The second kappa shape index (κ2) is 9.13. The van der Waals surface area contributed by atoms with Crippen LogP contribution in [0.15, 0.2) is 138 Å². The third-order valence-electron chi connectivity index (χ3n) is 8.70. The molecule has 44 heavy (non-hydrogen) atoms. The Kier molecular flexibility index (Phi) is 5.03. The van der Waals surface area contributed by atoms with Crippen molar-refractivity contribution in [1.82, 2.24) is 4.98 Å². The normalized spacial score (nSPS) is 12.1. The fourth-order valence-corrected chi connectivity index (χ4v) is 8.86. The minimum absolute atomic E-state index is 0.820. The van der Waals surface area contributed by atoms with Crippen LogP contribution in [-0.2, 0) is 0 Å². The molecule has 0 aliphatic carbocycles. The first-order chi connectivity index (χ1) is 21.8. The van der Waals surface area contributed by atoms with E-state index < -0.39 is 0 Å². The molecule has 0 saturated carbocycles. The number of hydrogen-bond donors (Lipinski definition) is 0. The van der Waals surface area contributed by atoms with Gasteiger partial charge in [-0.15, -0.1) is 22.7 Å². The molecule has 6 aromatic carbocycles. The van der Waals surface area contributed by atoms with Gasteiger partial charge in [0.1, 0.15) is 17.0 Å². The van der Waals surface area contributed by atoms with Crippen molar-refractivity contribution in [2.75, 3.05) is 4.90 Å². The number of thiophene rings is 2. The second-order valence-corrected chi connectivity index (χ2v) is 13.4. The zero-order valence-corrected chi connectivity index (χ0v) is 25.0. The molecule has 0 bridgehead atoms. The van der Waals surface area contributed by atoms with Gasteiger partial charge in [0.2, 0.25) is 0 Å². The quantitative estimate of drug-likeness (QED) is 0.203. The predicted octanol–water partition coefficient (Wildman–Crippen LogP) is 12.3. The minimum atomic E-state index is 0.820. The molecule has 4 heterocycles. The van der Waals surface area contributed by atoms with Crippen molar-refractivity contribution in [2.45, 2.75) is 0 Å². The highest BCUT2D eigenvalue weighted by Crippen LogP contribution is 2.44. The molecule has 0 aliphatic rings. The Morgan fingerprint density at radius 1 is 0.477 bits per heavy atom. The maximum Gasteiger partial charge on any atom is 0.143 e. The largest absolute Gasteiger partial charge is 0.455 e. The van der Waals surface area contributed by atoms with Crippen LogP contribution in [-0.4, -0.2) is 4.98 Å². The molecule has 10 rings (SSSR count). The number of furan rings is 1. The van der Waals surface area contributed by atoms with Crippen molar-refractivity contribution >= 4 is 113 Å². The molecule has 0 aliphatic heterocycles. The molecular weight excluding hydrogens is 577 g/mol. The van der Waals surface area contributed by atoms with Gasteiger partial charge in [0.15, 0.2) is 0 Å². The average Bonchev–Trinajstić information content (AvgIpc) is 3.75. The maximum atomic E-state index is 6.59. The fraction of sp³-hybridized carbons (Fsp3) is 0. The van der Waals surface area contributed by atoms with Crippen LogP contribution in [0.2, 0.25) is 0 Å². The topological polar surface area (TPSA) is 29.3 Å². The van der Waals surface area contributed by atoms with Crippen LogP contribution in [0.25, 0.3) is 73.1 Å². The smallest absolute Gasteiger partial charge is 0.143 e. The summed E-state index contributed by atoms with van der Waals surface area (Å²) in [6.07, 6.45) is 1.97. The lowest BCUT2D eigenvalue weighted by Crippen LogP contribution is -2.11. The lowest BCUT2D eigenvalue weighted by molar-refractivity contribution is 0.672. The molecule has 10 aromatic rings. The highest BCUT2D eigenvalue weighted by Gasteiger charge is 2.20. The highest BCUT2D eigenvalue weighted by molar-refractivity contribution is 7.26. The summed E-state index contributed by atoms with van der Waals surface area (Å²) in [4.78, 5) is 7.35. The molecule has 0 saturated heterocycles. The number of aromatic nitrogens is 1. The van der Waals surface area contributed by atoms with Gasteiger partial charge in [-0.1, -0.05) is 72.8 Å². The number of nitrogens with zero attached hydrogens (tertiary/aromatic N) is 2. The van der Waals surface area contributed by atoms with Crippen LogP contribution in [0.3, 0.4) is 0 Å². The van der Waals surface area contributed by atoms with E-state index in [1.807, 2.05) is 28.9 Å². The van der Waals surface area contributed by atoms with E-state index in [1.165, 1.54) is 45.7 Å². The third kappa shape index (κ3) is 3.51. The van der Waals surface area contributed by atoms with Gasteiger partial charge in [-0.05, 0) is 53.9 Å². The summed E-state index contributed by atoms with van der Waals surface area (Å²) in [6, 6.07) is 45.6. The van der Waals surface area contributed by atoms with Crippen molar-refractivity contribution < 1.29 is 4.42 Å². The maximum absolute atomic E-state index is 6.59. The molecule has 0 N–H and O–H groups in total. The molecule has 0 unspecified atom stereocenters. The fourth-order valence-electron chi connectivity index (χ4n) is 6.63. The van der Waals surface area contributed by atoms with E-state index in [4.69, 9.17) is 9.40 Å². The van der Waals surface area contributed by atoms with E-state index in [2.05, 4.69) is 132 Å². The standard InChI is InChI=1S/C39H22N2OS2/c1-2-8-26-23(7-1)13-16-30-32-22-40-38(21-33(32)42-39(26)30)41(24-15-18-36-31(19-24)28-10-4-6-12-35(28)43-36)25-14-17-29-27-9-3-5-11-34(27)44-37(29)20-25/h1-22H. The van der Waals surface area contributed by atoms with Gasteiger partial charge in [-0.25, -0.2) is 4.98 Å². The van der Waals surface area contributed by atoms with Gasteiger partial charge >= 0.3 is 0 Å². The number of pyridine rings is 1. The molecule has 0 amide bonds. The van der Waals surface area contributed by atoms with Gasteiger partial charge in [-0.3, -0.25) is 4.90 Å². The molecule has 0 spiro atoms. The van der Waals surface area contributed by atoms with Gasteiger partial charge in [-0.2, -0.15) is 0 Å². The zero-order chi connectivity index (χ0) is 28.8. The van der Waals surface area contributed by atoms with Crippen LogP contribution in [0.1, 0.15) is 0 Å². The summed E-state index contributed by atoms with van der Waals surface area (Å²) in [5.41, 5.74) is 3.86. The Balaban J connectivity index is 1.22. The first-order valence-corrected chi connectivity index (χ1v) is 16.2. The monoisotopic (exact) mass is 598 g/mol. The van der Waals surface area contributed by atoms with Crippen molar-refractivity contribution in [3.63, 3.8) is 0 Å². The van der Waals surface area contributed by atoms with Crippen molar-refractivity contribution in [3.8, 4) is 0 Å². The Morgan fingerprint density at radius 3 is 1.98 bits per heavy atom. The van der Waals surface area contributed by atoms with Crippen molar-refractivity contribution in [1.29, 1.82) is 0 Å². The molecule has 0 radical (unpaired) electrons. The predicted molar refractivity (Wildman–Crippen MR) is 189 cm³/mol. The summed E-state index contributed by atoms with van der Waals surface area (Å²) in [5, 5.41) is 9.50. The number of hydrogen-bond acceptors (Lipinski definition) is 5. The summed E-state index contributed by atoms with van der Waals surface area (Å²) < 4.78 is 11.7. The molecule has 0 atom stereocenters. The van der Waals surface area contributed by atoms with Crippen LogP contribution < -0.4 is 4.90 Å². The van der Waals surface area contributed by atoms with Crippen LogP contribution >= 0.6 is 22.7 Å². The summed E-state index contributed by atoms with van der Waals surface area (Å²) >= 11 is 3.67. The van der Waals surface area contributed by atoms with Crippen LogP contribution in [0, 0.1) is 0 Å². The van der Waals surface area contributed by atoms with Crippen LogP contribution in [0.5, 0.6) is 0 Å². The van der Waals surface area contributed by atoms with E-state index in [1.54, 1.807) is 0 Å². The van der Waals surface area contributed by atoms with E-state index in [-0.39, 0.29) is 0 Å². The number of rotatable bonds is 3. The molecule has 4 aromatic heterocycles. The summed E-state index contributed by atoms with van der Waals surface area (Å²) in [7, 11) is 0. The van der Waals surface area contributed by atoms with E-state index in [0.717, 1.165) is 44.5 Å². The van der Waals surface area contributed by atoms with Crippen molar-refractivity contribution in [2.24, 2.45) is 0 Å². The Labute approximate surface area is 259 Å². The van der Waals surface area contributed by atoms with Crippen LogP contribution in [0.4, 0.5) is 17.2 Å². The molecule has 0 fully saturated rings. The lowest BCUT2D eigenvalue weighted by atomic mass is 10.1. The SMILES string of the molecule is c1ccc2c(c1)ccc1c3cnc(N(c4ccc5c(c4)sc4ccccc45)c4ccc5sc6ccccc6c5c4)cc3oc21. The average molecular weight is 599 g/mol. The van der Waals surface area contributed by atoms with Gasteiger partial charge in [0.25, 0.3) is 0 Å². The molecule has 206 valence electrons. The molecule has 3 nitrogen and oxygen atoms in total. The molecular formula is C39H22N2OS2. The number of anilines is 3. The van der Waals surface area contributed by atoms with Gasteiger partial charge in [0, 0.05) is 80.1 Å². The van der Waals surface area contributed by atoms with E-state index >= 15 is 0 Å². The van der Waals surface area contributed by atoms with E-state index in [9.17, 15) is 0 Å².